The molecule has 0 N–H and O–H groups in total. The molecule has 0 radical (unpaired) electrons. The molecule has 0 saturated heterocycles. The molecule has 132 valence electrons. The van der Waals surface area contributed by atoms with Crippen LogP contribution in [0.25, 0.3) is 6.08 Å². The molecule has 0 amide bonds. The summed E-state index contributed by atoms with van der Waals surface area (Å²) in [5, 5.41) is 0. The molecule has 0 fully saturated rings. The lowest BCUT2D eigenvalue weighted by atomic mass is 10.0. The van der Waals surface area contributed by atoms with Crippen molar-refractivity contribution in [3.05, 3.63) is 66.5 Å². The van der Waals surface area contributed by atoms with E-state index < -0.39 is 0 Å². The van der Waals surface area contributed by atoms with E-state index in [0.717, 1.165) is 6.54 Å². The highest BCUT2D eigenvalue weighted by Gasteiger charge is 1.93. The van der Waals surface area contributed by atoms with Crippen molar-refractivity contribution in [2.45, 2.75) is 46.0 Å². The van der Waals surface area contributed by atoms with Gasteiger partial charge in [0.2, 0.25) is 0 Å². The Labute approximate surface area is 149 Å². The zero-order valence-electron chi connectivity index (χ0n) is 15.7. The summed E-state index contributed by atoms with van der Waals surface area (Å²) >= 11 is 0. The molecule has 0 aliphatic carbocycles. The van der Waals surface area contributed by atoms with Crippen molar-refractivity contribution in [3.63, 3.8) is 0 Å². The molecule has 0 saturated carbocycles. The summed E-state index contributed by atoms with van der Waals surface area (Å²) in [4.78, 5) is 5.41. The van der Waals surface area contributed by atoms with Gasteiger partial charge in [-0.1, -0.05) is 69.2 Å². The van der Waals surface area contributed by atoms with Gasteiger partial charge in [0.15, 0.2) is 0 Å². The summed E-state index contributed by atoms with van der Waals surface area (Å²) in [6, 6.07) is 8.94. The fourth-order valence-electron chi connectivity index (χ4n) is 2.02. The maximum atomic E-state index is 3.25. The summed E-state index contributed by atoms with van der Waals surface area (Å²) in [5.41, 5.74) is 2.73. The third kappa shape index (κ3) is 12.5. The van der Waals surface area contributed by atoms with Gasteiger partial charge in [-0.15, -0.1) is 0 Å². The van der Waals surface area contributed by atoms with Gasteiger partial charge in [0.05, 0.1) is 0 Å². The minimum atomic E-state index is 1.04. The van der Waals surface area contributed by atoms with Crippen molar-refractivity contribution >= 4 is 12.8 Å². The third-order valence-electron chi connectivity index (χ3n) is 3.67. The van der Waals surface area contributed by atoms with Gasteiger partial charge in [-0.25, -0.2) is 0 Å². The smallest absolute Gasteiger partial charge is 0.0188 e. The highest BCUT2D eigenvalue weighted by atomic mass is 15.1. The molecule has 0 unspecified atom stereocenters. The molecular formula is C22H34N2. The van der Waals surface area contributed by atoms with Crippen LogP contribution < -0.4 is 0 Å². The van der Waals surface area contributed by atoms with Crippen molar-refractivity contribution in [2.75, 3.05) is 13.6 Å². The molecular weight excluding hydrogens is 292 g/mol. The number of hydrogen-bond donors (Lipinski definition) is 0. The van der Waals surface area contributed by atoms with E-state index in [2.05, 4.69) is 92.8 Å². The van der Waals surface area contributed by atoms with Gasteiger partial charge in [-0.05, 0) is 49.9 Å². The van der Waals surface area contributed by atoms with Crippen LogP contribution in [0.2, 0.25) is 0 Å². The van der Waals surface area contributed by atoms with E-state index in [4.69, 9.17) is 0 Å². The van der Waals surface area contributed by atoms with Crippen LogP contribution in [-0.4, -0.2) is 25.2 Å². The van der Waals surface area contributed by atoms with Crippen LogP contribution in [0.1, 0.15) is 50.7 Å². The van der Waals surface area contributed by atoms with E-state index in [0.29, 0.717) is 0 Å². The molecule has 2 heteroatoms. The van der Waals surface area contributed by atoms with Crippen molar-refractivity contribution < 1.29 is 0 Å². The normalized spacial score (nSPS) is 10.5. The number of rotatable bonds is 10. The van der Waals surface area contributed by atoms with E-state index >= 15 is 0 Å². The number of nitrogens with zero attached hydrogens (tertiary/aromatic N) is 2. The second-order valence-corrected chi connectivity index (χ2v) is 5.69. The monoisotopic (exact) mass is 326 g/mol. The summed E-state index contributed by atoms with van der Waals surface area (Å²) in [5.74, 6) is 0. The summed E-state index contributed by atoms with van der Waals surface area (Å²) in [6.45, 7) is 11.8. The molecule has 2 nitrogen and oxygen atoms in total. The number of aliphatic imine (C=N–C) groups is 1. The average Bonchev–Trinajstić information content (AvgIpc) is 2.63. The van der Waals surface area contributed by atoms with E-state index in [1.165, 1.54) is 49.4 Å². The Balaban J connectivity index is 0.00000118. The molecule has 0 atom stereocenters. The molecule has 0 aliphatic rings. The van der Waals surface area contributed by atoms with Crippen molar-refractivity contribution in [1.82, 2.24) is 4.90 Å². The summed E-state index contributed by atoms with van der Waals surface area (Å²) < 4.78 is 0. The first-order chi connectivity index (χ1) is 11.7. The van der Waals surface area contributed by atoms with Crippen molar-refractivity contribution in [1.29, 1.82) is 0 Å². The lowest BCUT2D eigenvalue weighted by Crippen LogP contribution is -2.07. The Morgan fingerprint density at radius 1 is 1.04 bits per heavy atom. The van der Waals surface area contributed by atoms with Crippen LogP contribution in [0, 0.1) is 0 Å². The second kappa shape index (κ2) is 15.8. The van der Waals surface area contributed by atoms with Gasteiger partial charge in [-0.2, -0.15) is 0 Å². The van der Waals surface area contributed by atoms with Gasteiger partial charge >= 0.3 is 0 Å². The average molecular weight is 327 g/mol. The van der Waals surface area contributed by atoms with Crippen LogP contribution in [0.3, 0.4) is 0 Å². The first-order valence-electron chi connectivity index (χ1n) is 8.88. The Kier molecular flexibility index (Phi) is 14.4. The zero-order chi connectivity index (χ0) is 18.0. The summed E-state index contributed by atoms with van der Waals surface area (Å²) in [6.07, 6.45) is 16.4. The predicted molar refractivity (Wildman–Crippen MR) is 111 cm³/mol. The molecule has 1 aromatic carbocycles. The van der Waals surface area contributed by atoms with Crippen molar-refractivity contribution in [3.8, 4) is 0 Å². The Bertz CT molecular complexity index is 477. The SMILES string of the molecule is C=CN=C.CCCCCCc1ccc(/C=C/C=C\N(C)CC)cc1. The minimum Gasteiger partial charge on any atom is -0.381 e. The molecule has 24 heavy (non-hydrogen) atoms. The number of hydrogen-bond acceptors (Lipinski definition) is 2. The zero-order valence-corrected chi connectivity index (χ0v) is 15.7. The molecule has 0 spiro atoms. The number of unbranched alkanes of at least 4 members (excludes halogenated alkanes) is 3. The molecule has 1 aromatic rings. The Morgan fingerprint density at radius 2 is 1.71 bits per heavy atom. The van der Waals surface area contributed by atoms with E-state index in [1.807, 2.05) is 0 Å². The number of aryl methyl sites for hydroxylation is 1. The third-order valence-corrected chi connectivity index (χ3v) is 3.67. The molecule has 1 rings (SSSR count). The quantitative estimate of drug-likeness (QED) is 0.287. The fraction of sp³-hybridized carbons (Fsp3) is 0.409. The van der Waals surface area contributed by atoms with E-state index in [-0.39, 0.29) is 0 Å². The van der Waals surface area contributed by atoms with Crippen LogP contribution in [0.15, 0.2) is 60.4 Å². The maximum absolute atomic E-state index is 3.25. The minimum absolute atomic E-state index is 1.04. The Hall–Kier alpha value is -2.09. The number of allylic oxidation sites excluding steroid dienone is 2. The Morgan fingerprint density at radius 3 is 2.25 bits per heavy atom. The van der Waals surface area contributed by atoms with Crippen LogP contribution in [-0.2, 0) is 6.42 Å². The predicted octanol–water partition coefficient (Wildman–Crippen LogP) is 6.12. The van der Waals surface area contributed by atoms with E-state index in [1.54, 1.807) is 0 Å². The molecule has 0 aliphatic heterocycles. The first kappa shape index (κ1) is 21.9. The first-order valence-corrected chi connectivity index (χ1v) is 8.88. The second-order valence-electron chi connectivity index (χ2n) is 5.69. The molecule has 0 aromatic heterocycles. The van der Waals surface area contributed by atoms with Gasteiger partial charge in [-0.3, -0.25) is 4.99 Å². The standard InChI is InChI=1S/C19H29N.C3H5N/c1-4-6-7-8-11-18-13-15-19(16-14-18)12-9-10-17-20(3)5-2;1-3-4-2/h9-10,12-17H,4-8,11H2,1-3H3;3H,1-2H2/b12-9+,17-10-;. The van der Waals surface area contributed by atoms with E-state index in [9.17, 15) is 0 Å². The highest BCUT2D eigenvalue weighted by molar-refractivity contribution is 5.51. The largest absolute Gasteiger partial charge is 0.381 e. The van der Waals surface area contributed by atoms with Gasteiger partial charge in [0, 0.05) is 19.8 Å². The van der Waals surface area contributed by atoms with Crippen LogP contribution in [0.5, 0.6) is 0 Å². The van der Waals surface area contributed by atoms with Gasteiger partial charge in [0.1, 0.15) is 0 Å². The van der Waals surface area contributed by atoms with Crippen LogP contribution in [0.4, 0.5) is 0 Å². The molecule has 0 heterocycles. The summed E-state index contributed by atoms with van der Waals surface area (Å²) in [7, 11) is 2.08. The van der Waals surface area contributed by atoms with Gasteiger partial charge in [0.25, 0.3) is 0 Å². The lowest BCUT2D eigenvalue weighted by molar-refractivity contribution is 0.484. The number of benzene rings is 1. The molecule has 0 bridgehead atoms. The highest BCUT2D eigenvalue weighted by Crippen LogP contribution is 2.10. The lowest BCUT2D eigenvalue weighted by Gasteiger charge is -2.07. The maximum Gasteiger partial charge on any atom is 0.0188 e. The topological polar surface area (TPSA) is 15.6 Å². The fourth-order valence-corrected chi connectivity index (χ4v) is 2.02. The van der Waals surface area contributed by atoms with Crippen LogP contribution >= 0.6 is 0 Å². The van der Waals surface area contributed by atoms with Gasteiger partial charge < -0.3 is 4.90 Å². The van der Waals surface area contributed by atoms with Crippen molar-refractivity contribution in [2.24, 2.45) is 4.99 Å².